The lowest BCUT2D eigenvalue weighted by molar-refractivity contribution is 0.126. The van der Waals surface area contributed by atoms with Crippen LogP contribution in [0.2, 0.25) is 0 Å². The third-order valence-electron chi connectivity index (χ3n) is 5.09. The van der Waals surface area contributed by atoms with Gasteiger partial charge < -0.3 is 20.2 Å². The van der Waals surface area contributed by atoms with E-state index >= 15 is 0 Å². The Labute approximate surface area is 168 Å². The van der Waals surface area contributed by atoms with Crippen LogP contribution in [0, 0.1) is 0 Å². The normalized spacial score (nSPS) is 11.2. The van der Waals surface area contributed by atoms with Crippen molar-refractivity contribution in [3.63, 3.8) is 0 Å². The first-order chi connectivity index (χ1) is 13.4. The minimum absolute atomic E-state index is 0.839. The van der Waals surface area contributed by atoms with E-state index in [4.69, 9.17) is 0 Å². The number of nitrogens with zero attached hydrogens (tertiary/aromatic N) is 2. The minimum Gasteiger partial charge on any atom is -0.386 e. The lowest BCUT2D eigenvalue weighted by Gasteiger charge is -2.36. The molecule has 0 aliphatic rings. The van der Waals surface area contributed by atoms with Crippen molar-refractivity contribution in [2.75, 3.05) is 50.4 Å². The molecule has 0 aliphatic heterocycles. The van der Waals surface area contributed by atoms with Gasteiger partial charge in [0.15, 0.2) is 0 Å². The van der Waals surface area contributed by atoms with Gasteiger partial charge in [-0.05, 0) is 17.2 Å². The summed E-state index contributed by atoms with van der Waals surface area (Å²) < 4.78 is 0. The summed E-state index contributed by atoms with van der Waals surface area (Å²) in [7, 11) is 10.00. The molecule has 4 heteroatoms. The molecular weight excluding hydrogens is 346 g/mol. The number of aliphatic hydroxyl groups is 1. The molecule has 0 unspecified atom stereocenters. The summed E-state index contributed by atoms with van der Waals surface area (Å²) >= 11 is 0. The first-order valence-corrected chi connectivity index (χ1v) is 9.44. The van der Waals surface area contributed by atoms with Crippen LogP contribution in [0.4, 0.5) is 17.1 Å². The number of benzene rings is 3. The van der Waals surface area contributed by atoms with Gasteiger partial charge in [-0.25, -0.2) is 0 Å². The summed E-state index contributed by atoms with van der Waals surface area (Å²) in [5, 5.41) is 15.5. The molecule has 146 valence electrons. The molecule has 2 N–H and O–H groups in total. The summed E-state index contributed by atoms with van der Waals surface area (Å²) in [6, 6.07) is 23.8. The van der Waals surface area contributed by atoms with Crippen molar-refractivity contribution in [1.82, 2.24) is 0 Å². The summed E-state index contributed by atoms with van der Waals surface area (Å²) in [5.41, 5.74) is 4.28. The highest BCUT2D eigenvalue weighted by molar-refractivity contribution is 5.87. The largest absolute Gasteiger partial charge is 0.386 e. The Kier molecular flexibility index (Phi) is 5.61. The van der Waals surface area contributed by atoms with Crippen molar-refractivity contribution in [3.8, 4) is 0 Å². The second-order valence-corrected chi connectivity index (χ2v) is 7.34. The molecule has 3 rings (SSSR count). The Hall–Kier alpha value is -2.98. The smallest absolute Gasteiger partial charge is 0.142 e. The molecule has 4 nitrogen and oxygen atoms in total. The summed E-state index contributed by atoms with van der Waals surface area (Å²) in [6.45, 7) is 0. The molecule has 28 heavy (non-hydrogen) atoms. The first kappa shape index (κ1) is 19.8. The lowest BCUT2D eigenvalue weighted by Crippen LogP contribution is -2.32. The molecule has 0 bridgehead atoms. The zero-order valence-electron chi connectivity index (χ0n) is 17.3. The molecule has 0 aliphatic carbocycles. The molecule has 3 aromatic rings. The molecule has 0 heterocycles. The van der Waals surface area contributed by atoms with Crippen molar-refractivity contribution in [1.29, 1.82) is 0 Å². The van der Waals surface area contributed by atoms with E-state index in [0.717, 1.165) is 33.8 Å². The van der Waals surface area contributed by atoms with Crippen molar-refractivity contribution in [2.24, 2.45) is 0 Å². The minimum atomic E-state index is -1.28. The van der Waals surface area contributed by atoms with Crippen LogP contribution in [0.15, 0.2) is 72.8 Å². The zero-order valence-corrected chi connectivity index (χ0v) is 17.3. The van der Waals surface area contributed by atoms with Gasteiger partial charge in [-0.3, -0.25) is 0 Å². The maximum absolute atomic E-state index is 12.3. The van der Waals surface area contributed by atoms with Gasteiger partial charge in [0.2, 0.25) is 0 Å². The van der Waals surface area contributed by atoms with Crippen LogP contribution >= 0.6 is 0 Å². The predicted octanol–water partition coefficient (Wildman–Crippen LogP) is 4.14. The van der Waals surface area contributed by atoms with Crippen LogP contribution in [0.1, 0.15) is 16.7 Å². The van der Waals surface area contributed by atoms with Crippen molar-refractivity contribution < 1.29 is 5.11 Å². The highest BCUT2D eigenvalue weighted by atomic mass is 16.3. The van der Waals surface area contributed by atoms with Crippen molar-refractivity contribution >= 4 is 17.1 Å². The van der Waals surface area contributed by atoms with Crippen LogP contribution in [-0.4, -0.2) is 40.3 Å². The molecular formula is C24H29N3O. The fourth-order valence-corrected chi connectivity index (χ4v) is 3.82. The van der Waals surface area contributed by atoms with E-state index in [1.165, 1.54) is 0 Å². The van der Waals surface area contributed by atoms with E-state index < -0.39 is 5.60 Å². The average Bonchev–Trinajstić information content (AvgIpc) is 2.73. The van der Waals surface area contributed by atoms with Crippen LogP contribution in [0.5, 0.6) is 0 Å². The molecule has 0 aromatic heterocycles. The Balaban J connectivity index is 2.41. The van der Waals surface area contributed by atoms with Gasteiger partial charge >= 0.3 is 0 Å². The maximum atomic E-state index is 12.3. The van der Waals surface area contributed by atoms with Gasteiger partial charge in [0.05, 0.1) is 17.1 Å². The third kappa shape index (κ3) is 3.32. The number of nitrogens with one attached hydrogen (secondary N) is 1. The monoisotopic (exact) mass is 375 g/mol. The fraction of sp³-hybridized carbons (Fsp3) is 0.250. The molecule has 3 aromatic carbocycles. The lowest BCUT2D eigenvalue weighted by atomic mass is 9.79. The highest BCUT2D eigenvalue weighted by Gasteiger charge is 2.37. The highest BCUT2D eigenvalue weighted by Crippen LogP contribution is 2.47. The number of hydrogen-bond acceptors (Lipinski definition) is 4. The van der Waals surface area contributed by atoms with Crippen LogP contribution in [-0.2, 0) is 5.60 Å². The fourth-order valence-electron chi connectivity index (χ4n) is 3.82. The Morgan fingerprint density at radius 2 is 1.14 bits per heavy atom. The van der Waals surface area contributed by atoms with Crippen LogP contribution < -0.4 is 15.1 Å². The summed E-state index contributed by atoms with van der Waals surface area (Å²) in [4.78, 5) is 4.16. The van der Waals surface area contributed by atoms with Crippen molar-refractivity contribution in [2.45, 2.75) is 5.60 Å². The summed E-state index contributed by atoms with van der Waals surface area (Å²) in [5.74, 6) is 0. The molecule has 0 radical (unpaired) electrons. The van der Waals surface area contributed by atoms with E-state index in [2.05, 4.69) is 15.1 Å². The van der Waals surface area contributed by atoms with Gasteiger partial charge in [-0.2, -0.15) is 0 Å². The van der Waals surface area contributed by atoms with E-state index in [0.29, 0.717) is 0 Å². The number of hydrogen-bond donors (Lipinski definition) is 2. The topological polar surface area (TPSA) is 38.7 Å². The molecule has 0 saturated carbocycles. The second kappa shape index (κ2) is 7.95. The molecule has 0 fully saturated rings. The SMILES string of the molecule is CNc1ccc(C(O)(c2ccccc2)c2ccccc2)c(N(C)C)c1N(C)C. The quantitative estimate of drug-likeness (QED) is 0.635. The number of rotatable bonds is 6. The first-order valence-electron chi connectivity index (χ1n) is 9.44. The Morgan fingerprint density at radius 1 is 0.679 bits per heavy atom. The molecule has 0 saturated heterocycles. The summed E-state index contributed by atoms with van der Waals surface area (Å²) in [6.07, 6.45) is 0. The van der Waals surface area contributed by atoms with Gasteiger partial charge in [-0.1, -0.05) is 66.7 Å². The van der Waals surface area contributed by atoms with Gasteiger partial charge in [0, 0.05) is 40.8 Å². The maximum Gasteiger partial charge on any atom is 0.142 e. The van der Waals surface area contributed by atoms with E-state index in [1.54, 1.807) is 0 Å². The Morgan fingerprint density at radius 3 is 1.54 bits per heavy atom. The van der Waals surface area contributed by atoms with Crippen LogP contribution in [0.3, 0.4) is 0 Å². The number of anilines is 3. The van der Waals surface area contributed by atoms with Gasteiger partial charge in [-0.15, -0.1) is 0 Å². The molecule has 0 spiro atoms. The van der Waals surface area contributed by atoms with E-state index in [9.17, 15) is 5.11 Å². The Bertz CT molecular complexity index is 882. The van der Waals surface area contributed by atoms with E-state index in [-0.39, 0.29) is 0 Å². The van der Waals surface area contributed by atoms with Crippen LogP contribution in [0.25, 0.3) is 0 Å². The van der Waals surface area contributed by atoms with Crippen molar-refractivity contribution in [3.05, 3.63) is 89.5 Å². The molecule has 0 atom stereocenters. The predicted molar refractivity (Wildman–Crippen MR) is 120 cm³/mol. The average molecular weight is 376 g/mol. The molecule has 0 amide bonds. The standard InChI is InChI=1S/C24H29N3O/c1-25-21-17-16-20(22(26(2)3)23(21)27(4)5)24(28,18-12-8-6-9-13-18)19-14-10-7-11-15-19/h6-17,25,28H,1-5H3. The third-order valence-corrected chi connectivity index (χ3v) is 5.09. The van der Waals surface area contributed by atoms with E-state index in [1.807, 2.05) is 108 Å². The van der Waals surface area contributed by atoms with Gasteiger partial charge in [0.1, 0.15) is 5.60 Å². The van der Waals surface area contributed by atoms with Gasteiger partial charge in [0.25, 0.3) is 0 Å². The zero-order chi connectivity index (χ0) is 20.3. The second-order valence-electron chi connectivity index (χ2n) is 7.34.